The molecule has 0 radical (unpaired) electrons. The minimum atomic E-state index is -5.03. The van der Waals surface area contributed by atoms with Gasteiger partial charge >= 0.3 is 6.18 Å². The molecule has 1 N–H and O–H groups in total. The number of nitriles is 3. The van der Waals surface area contributed by atoms with Crippen LogP contribution in [0.15, 0.2) is 95.3 Å². The molecule has 0 saturated carbocycles. The van der Waals surface area contributed by atoms with Crippen molar-refractivity contribution in [2.45, 2.75) is 57.2 Å². The summed E-state index contributed by atoms with van der Waals surface area (Å²) in [6.45, 7) is 4.23. The molecule has 0 saturated heterocycles. The largest absolute Gasteiger partial charge is 0.465 e. The third-order valence-corrected chi connectivity index (χ3v) is 9.06. The number of unbranched alkanes of at least 4 members (excludes halogenated alkanes) is 2. The van der Waals surface area contributed by atoms with Crippen LogP contribution in [0, 0.1) is 34.0 Å². The third-order valence-electron chi connectivity index (χ3n) is 7.95. The molecular formula is C37H35F3N4O2S. The van der Waals surface area contributed by atoms with Crippen LogP contribution in [-0.4, -0.2) is 31.0 Å². The number of aryl methyl sites for hydroxylation is 2. The summed E-state index contributed by atoms with van der Waals surface area (Å²) in [7, 11) is 0. The molecule has 0 spiro atoms. The Hall–Kier alpha value is -4.82. The summed E-state index contributed by atoms with van der Waals surface area (Å²) >= 11 is 1.43. The molecular weight excluding hydrogens is 621 g/mol. The highest BCUT2D eigenvalue weighted by atomic mass is 32.1. The van der Waals surface area contributed by atoms with Crippen molar-refractivity contribution in [1.29, 1.82) is 15.8 Å². The lowest BCUT2D eigenvalue weighted by Gasteiger charge is -2.33. The summed E-state index contributed by atoms with van der Waals surface area (Å²) in [4.78, 5) is 4.08. The van der Waals surface area contributed by atoms with Crippen molar-refractivity contribution in [3.63, 3.8) is 0 Å². The smallest absolute Gasteiger partial charge is 0.437 e. The summed E-state index contributed by atoms with van der Waals surface area (Å²) in [6.07, 6.45) is 3.11. The molecule has 2 aromatic carbocycles. The van der Waals surface area contributed by atoms with Crippen LogP contribution in [0.3, 0.4) is 0 Å². The van der Waals surface area contributed by atoms with Gasteiger partial charge in [-0.25, -0.2) is 0 Å². The first-order valence-corrected chi connectivity index (χ1v) is 16.3. The van der Waals surface area contributed by atoms with Crippen LogP contribution < -0.4 is 4.90 Å². The molecule has 4 rings (SSSR count). The maximum atomic E-state index is 15.0. The van der Waals surface area contributed by atoms with Crippen molar-refractivity contribution in [2.24, 2.45) is 0 Å². The number of aliphatic hydroxyl groups excluding tert-OH is 1. The van der Waals surface area contributed by atoms with E-state index in [4.69, 9.17) is 9.84 Å². The lowest BCUT2D eigenvalue weighted by atomic mass is 9.84. The Bertz CT molecular complexity index is 1720. The summed E-state index contributed by atoms with van der Waals surface area (Å²) < 4.78 is 50.4. The van der Waals surface area contributed by atoms with Gasteiger partial charge < -0.3 is 14.7 Å². The van der Waals surface area contributed by atoms with E-state index in [1.807, 2.05) is 12.1 Å². The van der Waals surface area contributed by atoms with Gasteiger partial charge in [0.2, 0.25) is 0 Å². The zero-order chi connectivity index (χ0) is 33.9. The van der Waals surface area contributed by atoms with Gasteiger partial charge in [-0.05, 0) is 68.0 Å². The SMILES string of the molecule is CCCCN(CCCCO)c1ccc(CCc2ccc(/C=C/C3=C(C#N)C(=C(C#N)C#N)OC3(c3ccccc3)C(F)(F)F)s2)cc1. The Kier molecular flexibility index (Phi) is 12.0. The van der Waals surface area contributed by atoms with E-state index in [1.54, 1.807) is 24.3 Å². The molecule has 1 unspecified atom stereocenters. The van der Waals surface area contributed by atoms with Crippen LogP contribution in [-0.2, 0) is 23.2 Å². The highest BCUT2D eigenvalue weighted by Gasteiger charge is 2.65. The van der Waals surface area contributed by atoms with Gasteiger partial charge in [0.25, 0.3) is 5.60 Å². The number of benzene rings is 2. The Labute approximate surface area is 277 Å². The number of thiophene rings is 1. The average molecular weight is 657 g/mol. The molecule has 10 heteroatoms. The van der Waals surface area contributed by atoms with Crippen molar-refractivity contribution in [3.8, 4) is 18.2 Å². The van der Waals surface area contributed by atoms with Gasteiger partial charge in [0.05, 0.1) is 0 Å². The van der Waals surface area contributed by atoms with Crippen molar-refractivity contribution in [2.75, 3.05) is 24.6 Å². The van der Waals surface area contributed by atoms with Crippen molar-refractivity contribution < 1.29 is 23.0 Å². The fraction of sp³-hybridized carbons (Fsp3) is 0.324. The second-order valence-electron chi connectivity index (χ2n) is 11.1. The monoisotopic (exact) mass is 656 g/mol. The predicted octanol–water partition coefficient (Wildman–Crippen LogP) is 8.53. The average Bonchev–Trinajstić information content (AvgIpc) is 3.68. The van der Waals surface area contributed by atoms with E-state index in [0.717, 1.165) is 62.2 Å². The van der Waals surface area contributed by atoms with Crippen molar-refractivity contribution >= 4 is 23.1 Å². The number of hydrogen-bond acceptors (Lipinski definition) is 7. The fourth-order valence-corrected chi connectivity index (χ4v) is 6.41. The first kappa shape index (κ1) is 35.0. The first-order chi connectivity index (χ1) is 22.7. The Morgan fingerprint density at radius 3 is 2.23 bits per heavy atom. The number of ether oxygens (including phenoxy) is 1. The zero-order valence-corrected chi connectivity index (χ0v) is 26.9. The van der Waals surface area contributed by atoms with Gasteiger partial charge in [-0.1, -0.05) is 61.9 Å². The summed E-state index contributed by atoms with van der Waals surface area (Å²) in [5.41, 5.74) is -2.75. The van der Waals surface area contributed by atoms with Gasteiger partial charge in [-0.3, -0.25) is 0 Å². The number of aliphatic hydroxyl groups is 1. The van der Waals surface area contributed by atoms with Crippen LogP contribution in [0.5, 0.6) is 0 Å². The van der Waals surface area contributed by atoms with E-state index >= 15 is 0 Å². The summed E-state index contributed by atoms with van der Waals surface area (Å²) in [5.74, 6) is -0.685. The molecule has 0 amide bonds. The van der Waals surface area contributed by atoms with E-state index in [1.165, 1.54) is 53.3 Å². The Morgan fingerprint density at radius 1 is 0.915 bits per heavy atom. The molecule has 2 heterocycles. The quantitative estimate of drug-likeness (QED) is 0.138. The summed E-state index contributed by atoms with van der Waals surface area (Å²) in [6, 6.07) is 24.0. The lowest BCUT2D eigenvalue weighted by molar-refractivity contribution is -0.249. The number of allylic oxidation sites excluding steroid dienone is 2. The Morgan fingerprint density at radius 2 is 1.62 bits per heavy atom. The zero-order valence-electron chi connectivity index (χ0n) is 26.1. The van der Waals surface area contributed by atoms with E-state index in [9.17, 15) is 29.0 Å². The molecule has 47 heavy (non-hydrogen) atoms. The second kappa shape index (κ2) is 16.1. The number of hydrogen-bond donors (Lipinski definition) is 1. The van der Waals surface area contributed by atoms with Gasteiger partial charge in [0, 0.05) is 46.3 Å². The van der Waals surface area contributed by atoms with Crippen molar-refractivity contribution in [3.05, 3.63) is 116 Å². The molecule has 0 fully saturated rings. The van der Waals surface area contributed by atoms with Crippen LogP contribution in [0.1, 0.15) is 53.5 Å². The maximum Gasteiger partial charge on any atom is 0.437 e. The van der Waals surface area contributed by atoms with Crippen LogP contribution in [0.4, 0.5) is 18.9 Å². The fourth-order valence-electron chi connectivity index (χ4n) is 5.49. The molecule has 1 aromatic heterocycles. The molecule has 3 aromatic rings. The summed E-state index contributed by atoms with van der Waals surface area (Å²) in [5, 5.41) is 38.0. The normalized spacial score (nSPS) is 16.1. The minimum Gasteiger partial charge on any atom is -0.465 e. The van der Waals surface area contributed by atoms with Gasteiger partial charge in [-0.15, -0.1) is 11.3 Å². The predicted molar refractivity (Wildman–Crippen MR) is 177 cm³/mol. The first-order valence-electron chi connectivity index (χ1n) is 15.4. The van der Waals surface area contributed by atoms with Crippen LogP contribution in [0.2, 0.25) is 0 Å². The van der Waals surface area contributed by atoms with Gasteiger partial charge in [0.1, 0.15) is 23.8 Å². The standard InChI is InChI=1S/C37H35F3N4O2S/c1-2-3-21-44(22-7-8-23-45)30-14-11-27(12-15-30)13-16-31-17-18-32(47-31)19-20-34-33(26-43)35(28(24-41)25-42)46-36(34,37(38,39)40)29-9-5-4-6-10-29/h4-6,9-12,14-15,17-20,45H,2-3,7-8,13,16,21-23H2,1H3/b20-19+. The minimum absolute atomic E-state index is 0.194. The number of rotatable bonds is 14. The number of alkyl halides is 3. The van der Waals surface area contributed by atoms with Gasteiger partial charge in [0.15, 0.2) is 11.3 Å². The molecule has 0 aliphatic carbocycles. The van der Waals surface area contributed by atoms with Crippen molar-refractivity contribution in [1.82, 2.24) is 0 Å². The lowest BCUT2D eigenvalue weighted by Crippen LogP contribution is -2.43. The van der Waals surface area contributed by atoms with Crippen LogP contribution >= 0.6 is 11.3 Å². The van der Waals surface area contributed by atoms with E-state index in [-0.39, 0.29) is 12.2 Å². The molecule has 0 bridgehead atoms. The molecule has 1 aliphatic rings. The number of halogens is 3. The number of anilines is 1. The molecule has 1 atom stereocenters. The maximum absolute atomic E-state index is 15.0. The topological polar surface area (TPSA) is 104 Å². The second-order valence-corrected chi connectivity index (χ2v) is 12.3. The van der Waals surface area contributed by atoms with Gasteiger partial charge in [-0.2, -0.15) is 29.0 Å². The van der Waals surface area contributed by atoms with E-state index < -0.39 is 34.3 Å². The molecule has 242 valence electrons. The molecule has 6 nitrogen and oxygen atoms in total. The van der Waals surface area contributed by atoms with E-state index in [0.29, 0.717) is 4.88 Å². The highest BCUT2D eigenvalue weighted by molar-refractivity contribution is 7.12. The molecule has 1 aliphatic heterocycles. The highest BCUT2D eigenvalue weighted by Crippen LogP contribution is 2.56. The third kappa shape index (κ3) is 7.95. The Balaban J connectivity index is 1.57. The van der Waals surface area contributed by atoms with Crippen LogP contribution in [0.25, 0.3) is 6.08 Å². The van der Waals surface area contributed by atoms with E-state index in [2.05, 4.69) is 36.1 Å². The number of nitrogens with zero attached hydrogens (tertiary/aromatic N) is 4.